The van der Waals surface area contributed by atoms with E-state index in [1.165, 1.54) is 4.57 Å². The molecule has 0 bridgehead atoms. The lowest BCUT2D eigenvalue weighted by Gasteiger charge is -2.05. The summed E-state index contributed by atoms with van der Waals surface area (Å²) >= 11 is 0. The molecule has 1 aromatic heterocycles. The summed E-state index contributed by atoms with van der Waals surface area (Å²) in [5.41, 5.74) is 1.63. The molecule has 2 aromatic rings. The zero-order valence-electron chi connectivity index (χ0n) is 9.93. The first-order valence-electron chi connectivity index (χ1n) is 5.37. The molecule has 0 saturated heterocycles. The third kappa shape index (κ3) is 1.56. The van der Waals surface area contributed by atoms with Crippen LogP contribution in [-0.2, 0) is 0 Å². The van der Waals surface area contributed by atoms with Gasteiger partial charge in [-0.25, -0.2) is 0 Å². The molecule has 0 N–H and O–H groups in total. The van der Waals surface area contributed by atoms with E-state index < -0.39 is 0 Å². The molecule has 0 saturated carbocycles. The first-order chi connectivity index (χ1) is 8.61. The van der Waals surface area contributed by atoms with E-state index in [1.54, 1.807) is 31.2 Å². The van der Waals surface area contributed by atoms with Crippen molar-refractivity contribution in [3.63, 3.8) is 0 Å². The van der Waals surface area contributed by atoms with E-state index in [2.05, 4.69) is 12.5 Å². The fourth-order valence-corrected chi connectivity index (χ4v) is 1.93. The highest BCUT2D eigenvalue weighted by Crippen LogP contribution is 2.25. The molecular formula is C15H11NO2. The fourth-order valence-electron chi connectivity index (χ4n) is 1.93. The molecule has 88 valence electrons. The molecule has 0 aliphatic rings. The van der Waals surface area contributed by atoms with Gasteiger partial charge >= 0.3 is 0 Å². The van der Waals surface area contributed by atoms with Gasteiger partial charge < -0.3 is 0 Å². The first kappa shape index (κ1) is 11.9. The summed E-state index contributed by atoms with van der Waals surface area (Å²) in [4.78, 5) is 23.3. The Labute approximate surface area is 105 Å². The lowest BCUT2D eigenvalue weighted by molar-refractivity contribution is 0.0960. The number of hydrogen-bond donors (Lipinski definition) is 0. The minimum Gasteiger partial charge on any atom is -0.298 e. The van der Waals surface area contributed by atoms with Crippen molar-refractivity contribution in [2.75, 3.05) is 0 Å². The second-order valence-electron chi connectivity index (χ2n) is 3.96. The summed E-state index contributed by atoms with van der Waals surface area (Å²) in [5, 5.41) is 0.676. The lowest BCUT2D eigenvalue weighted by atomic mass is 10.1. The van der Waals surface area contributed by atoms with Gasteiger partial charge in [-0.3, -0.25) is 14.2 Å². The van der Waals surface area contributed by atoms with Crippen molar-refractivity contribution < 1.29 is 9.59 Å². The van der Waals surface area contributed by atoms with Gasteiger partial charge in [0.05, 0.1) is 11.1 Å². The second-order valence-corrected chi connectivity index (χ2v) is 3.96. The lowest BCUT2D eigenvalue weighted by Crippen LogP contribution is -2.13. The summed E-state index contributed by atoms with van der Waals surface area (Å²) < 4.78 is 1.36. The zero-order chi connectivity index (χ0) is 13.3. The van der Waals surface area contributed by atoms with Crippen LogP contribution in [0.5, 0.6) is 0 Å². The Morgan fingerprint density at radius 2 is 2.11 bits per heavy atom. The molecule has 1 aromatic carbocycles. The number of terminal acetylenes is 1. The predicted molar refractivity (Wildman–Crippen MR) is 70.7 cm³/mol. The molecule has 18 heavy (non-hydrogen) atoms. The van der Waals surface area contributed by atoms with Crippen molar-refractivity contribution in [2.24, 2.45) is 0 Å². The van der Waals surface area contributed by atoms with E-state index in [1.807, 2.05) is 0 Å². The van der Waals surface area contributed by atoms with Crippen LogP contribution in [0.2, 0.25) is 0 Å². The smallest absolute Gasteiger partial charge is 0.258 e. The van der Waals surface area contributed by atoms with Gasteiger partial charge in [-0.05, 0) is 13.0 Å². The van der Waals surface area contributed by atoms with E-state index in [0.29, 0.717) is 28.3 Å². The molecule has 3 heteroatoms. The third-order valence-electron chi connectivity index (χ3n) is 2.74. The summed E-state index contributed by atoms with van der Waals surface area (Å²) in [5.74, 6) is 2.11. The van der Waals surface area contributed by atoms with Crippen LogP contribution >= 0.6 is 0 Å². The number of rotatable bonds is 2. The van der Waals surface area contributed by atoms with Gasteiger partial charge in [0.25, 0.3) is 5.91 Å². The van der Waals surface area contributed by atoms with Crippen LogP contribution in [0.25, 0.3) is 10.9 Å². The molecule has 3 nitrogen and oxygen atoms in total. The molecule has 0 fully saturated rings. The highest BCUT2D eigenvalue weighted by molar-refractivity contribution is 6.08. The molecule has 0 unspecified atom stereocenters. The van der Waals surface area contributed by atoms with Gasteiger partial charge in [0, 0.05) is 11.0 Å². The van der Waals surface area contributed by atoms with Crippen molar-refractivity contribution in [2.45, 2.75) is 6.92 Å². The Bertz CT molecular complexity index is 714. The van der Waals surface area contributed by atoms with Gasteiger partial charge in [0.1, 0.15) is 5.69 Å². The van der Waals surface area contributed by atoms with E-state index in [4.69, 9.17) is 6.42 Å². The Morgan fingerprint density at radius 1 is 1.44 bits per heavy atom. The summed E-state index contributed by atoms with van der Waals surface area (Å²) in [6, 6.07) is 7.11. The largest absolute Gasteiger partial charge is 0.298 e. The van der Waals surface area contributed by atoms with Crippen molar-refractivity contribution in [3.05, 3.63) is 47.7 Å². The zero-order valence-corrected chi connectivity index (χ0v) is 9.93. The number of allylic oxidation sites excluding steroid dienone is 1. The number of benzene rings is 1. The third-order valence-corrected chi connectivity index (χ3v) is 2.74. The van der Waals surface area contributed by atoms with Crippen LogP contribution in [0, 0.1) is 12.3 Å². The van der Waals surface area contributed by atoms with E-state index >= 15 is 0 Å². The number of aromatic nitrogens is 1. The molecule has 0 amide bonds. The number of carbonyl (C=O) groups excluding carboxylic acids is 2. The van der Waals surface area contributed by atoms with Gasteiger partial charge in [-0.1, -0.05) is 30.7 Å². The van der Waals surface area contributed by atoms with Gasteiger partial charge in [-0.15, -0.1) is 6.42 Å². The minimum absolute atomic E-state index is 0.277. The van der Waals surface area contributed by atoms with Crippen molar-refractivity contribution >= 4 is 23.1 Å². The van der Waals surface area contributed by atoms with Gasteiger partial charge in [0.2, 0.25) is 0 Å². The maximum atomic E-state index is 12.1. The molecule has 0 radical (unpaired) electrons. The second kappa shape index (κ2) is 4.34. The summed E-state index contributed by atoms with van der Waals surface area (Å²) in [6.45, 7) is 5.23. The molecule has 0 aliphatic heterocycles. The van der Waals surface area contributed by atoms with Crippen LogP contribution in [0.3, 0.4) is 0 Å². The molecule has 0 aliphatic carbocycles. The maximum Gasteiger partial charge on any atom is 0.258 e. The average Bonchev–Trinajstić information content (AvgIpc) is 2.70. The van der Waals surface area contributed by atoms with E-state index in [9.17, 15) is 9.59 Å². The molecule has 0 atom stereocenters. The number of nitrogens with zero attached hydrogens (tertiary/aromatic N) is 1. The fraction of sp³-hybridized carbons (Fsp3) is 0.0667. The Balaban J connectivity index is 2.96. The molecule has 2 rings (SSSR count). The normalized spacial score (nSPS) is 10.0. The van der Waals surface area contributed by atoms with Crippen LogP contribution in [0.4, 0.5) is 0 Å². The first-order valence-corrected chi connectivity index (χ1v) is 5.37. The highest BCUT2D eigenvalue weighted by Gasteiger charge is 2.19. The standard InChI is InChI=1S/C15H11NO2/c1-4-13-12(9-17)11-7-5-6-8-14(11)16(13)15(18)10(2)3/h1,5-9H,2H2,3H3. The van der Waals surface area contributed by atoms with Crippen LogP contribution in [0.1, 0.15) is 27.8 Å². The van der Waals surface area contributed by atoms with Crippen LogP contribution < -0.4 is 0 Å². The van der Waals surface area contributed by atoms with E-state index in [0.717, 1.165) is 0 Å². The Morgan fingerprint density at radius 3 is 2.67 bits per heavy atom. The van der Waals surface area contributed by atoms with Crippen molar-refractivity contribution in [3.8, 4) is 12.3 Å². The topological polar surface area (TPSA) is 39.1 Å². The summed E-state index contributed by atoms with van der Waals surface area (Å²) in [6.07, 6.45) is 6.10. The Kier molecular flexibility index (Phi) is 2.86. The minimum atomic E-state index is -0.299. The van der Waals surface area contributed by atoms with Crippen LogP contribution in [0.15, 0.2) is 36.4 Å². The van der Waals surface area contributed by atoms with Gasteiger partial charge in [0.15, 0.2) is 6.29 Å². The quantitative estimate of drug-likeness (QED) is 0.457. The molecule has 0 spiro atoms. The molecule has 1 heterocycles. The monoisotopic (exact) mass is 237 g/mol. The van der Waals surface area contributed by atoms with Crippen molar-refractivity contribution in [1.29, 1.82) is 0 Å². The van der Waals surface area contributed by atoms with E-state index in [-0.39, 0.29) is 11.6 Å². The maximum absolute atomic E-state index is 12.1. The number of para-hydroxylation sites is 1. The predicted octanol–water partition coefficient (Wildman–Crippen LogP) is 2.65. The highest BCUT2D eigenvalue weighted by atomic mass is 16.2. The SMILES string of the molecule is C#Cc1c(C=O)c2ccccc2n1C(=O)C(=C)C. The summed E-state index contributed by atoms with van der Waals surface area (Å²) in [7, 11) is 0. The Hall–Kier alpha value is -2.60. The number of hydrogen-bond acceptors (Lipinski definition) is 2. The number of carbonyl (C=O) groups is 2. The number of aldehydes is 1. The van der Waals surface area contributed by atoms with Gasteiger partial charge in [-0.2, -0.15) is 0 Å². The average molecular weight is 237 g/mol. The molecular weight excluding hydrogens is 226 g/mol. The number of fused-ring (bicyclic) bond motifs is 1. The van der Waals surface area contributed by atoms with Crippen LogP contribution in [-0.4, -0.2) is 16.8 Å². The van der Waals surface area contributed by atoms with Crippen molar-refractivity contribution in [1.82, 2.24) is 4.57 Å².